The molecular formula is C78H84Cl3N3O15. The summed E-state index contributed by atoms with van der Waals surface area (Å²) in [6, 6.07) is 44.0. The van der Waals surface area contributed by atoms with Gasteiger partial charge in [0, 0.05) is 106 Å². The Morgan fingerprint density at radius 2 is 0.646 bits per heavy atom. The molecule has 6 aliphatic heterocycles. The van der Waals surface area contributed by atoms with E-state index in [1.54, 1.807) is 72.4 Å². The Bertz CT molecular complexity index is 3530. The maximum absolute atomic E-state index is 13.4. The molecule has 0 radical (unpaired) electrons. The summed E-state index contributed by atoms with van der Waals surface area (Å²) in [4.78, 5) is 84.6. The largest absolute Gasteiger partial charge is 0.496 e. The molecule has 6 atom stereocenters. The number of ether oxygens (including phenoxy) is 9. The molecule has 21 heteroatoms. The Labute approximate surface area is 593 Å². The van der Waals surface area contributed by atoms with Gasteiger partial charge in [-0.3, -0.25) is 14.4 Å². The molecule has 6 aliphatic rings. The molecule has 3 amide bonds. The first kappa shape index (κ1) is 73.2. The van der Waals surface area contributed by atoms with Crippen LogP contribution in [0.1, 0.15) is 130 Å². The molecule has 0 spiro atoms. The minimum Gasteiger partial charge on any atom is -0.496 e. The van der Waals surface area contributed by atoms with Crippen LogP contribution in [0.5, 0.6) is 17.2 Å². The van der Waals surface area contributed by atoms with E-state index in [9.17, 15) is 28.8 Å². The van der Waals surface area contributed by atoms with Crippen LogP contribution in [0.15, 0.2) is 179 Å². The second-order valence-electron chi connectivity index (χ2n) is 25.0. The minimum absolute atomic E-state index is 0.0122. The van der Waals surface area contributed by atoms with Gasteiger partial charge >= 0.3 is 17.9 Å². The first-order valence-corrected chi connectivity index (χ1v) is 34.6. The second kappa shape index (κ2) is 35.0. The van der Waals surface area contributed by atoms with Gasteiger partial charge in [0.2, 0.25) is 17.7 Å². The van der Waals surface area contributed by atoms with Crippen molar-refractivity contribution in [1.82, 2.24) is 14.7 Å². The van der Waals surface area contributed by atoms with Crippen molar-refractivity contribution in [3.05, 3.63) is 228 Å². The number of para-hydroxylation sites is 3. The molecule has 12 rings (SSSR count). The third kappa shape index (κ3) is 18.5. The van der Waals surface area contributed by atoms with Crippen LogP contribution >= 0.6 is 34.8 Å². The fraction of sp³-hybridized carbons (Fsp3) is 0.385. The van der Waals surface area contributed by atoms with Gasteiger partial charge in [0.25, 0.3) is 0 Å². The molecule has 0 aliphatic carbocycles. The zero-order valence-corrected chi connectivity index (χ0v) is 58.9. The second-order valence-corrected chi connectivity index (χ2v) is 26.3. The molecule has 0 saturated carbocycles. The number of esters is 3. The summed E-state index contributed by atoms with van der Waals surface area (Å²) in [6.07, 6.45) is 6.19. The van der Waals surface area contributed by atoms with Crippen LogP contribution in [-0.4, -0.2) is 129 Å². The molecule has 3 fully saturated rings. The molecule has 6 heterocycles. The molecule has 6 aromatic rings. The van der Waals surface area contributed by atoms with Crippen molar-refractivity contribution in [2.75, 3.05) is 60.8 Å². The highest BCUT2D eigenvalue weighted by atomic mass is 35.5. The third-order valence-electron chi connectivity index (χ3n) is 18.8. The van der Waals surface area contributed by atoms with Crippen molar-refractivity contribution >= 4 is 70.4 Å². The number of hydrogen-bond donors (Lipinski definition) is 0. The van der Waals surface area contributed by atoms with Crippen LogP contribution in [0.2, 0.25) is 15.1 Å². The molecule has 522 valence electrons. The van der Waals surface area contributed by atoms with Gasteiger partial charge in [-0.25, -0.2) is 14.4 Å². The molecule has 6 aromatic carbocycles. The Hall–Kier alpha value is -8.49. The Balaban J connectivity index is 0.000000161. The number of hydrogen-bond acceptors (Lipinski definition) is 15. The van der Waals surface area contributed by atoms with Gasteiger partial charge in [-0.2, -0.15) is 0 Å². The van der Waals surface area contributed by atoms with Crippen molar-refractivity contribution in [3.63, 3.8) is 0 Å². The summed E-state index contributed by atoms with van der Waals surface area (Å²) in [5.74, 6) is -0.633. The first-order valence-electron chi connectivity index (χ1n) is 33.4. The van der Waals surface area contributed by atoms with E-state index in [0.717, 1.165) is 71.9 Å². The molecule has 18 nitrogen and oxygen atoms in total. The highest BCUT2D eigenvalue weighted by molar-refractivity contribution is 6.31. The summed E-state index contributed by atoms with van der Waals surface area (Å²) in [6.45, 7) is 9.12. The summed E-state index contributed by atoms with van der Waals surface area (Å²) >= 11 is 18.2. The number of amides is 3. The summed E-state index contributed by atoms with van der Waals surface area (Å²) in [5.41, 5.74) is 8.21. The Morgan fingerprint density at radius 3 is 0.879 bits per heavy atom. The lowest BCUT2D eigenvalue weighted by Gasteiger charge is -2.35. The van der Waals surface area contributed by atoms with Gasteiger partial charge in [0.15, 0.2) is 0 Å². The maximum Gasteiger partial charge on any atom is 0.336 e. The third-order valence-corrected chi connectivity index (χ3v) is 19.6. The van der Waals surface area contributed by atoms with Crippen molar-refractivity contribution in [3.8, 4) is 17.2 Å². The van der Waals surface area contributed by atoms with Crippen molar-refractivity contribution in [2.24, 2.45) is 0 Å². The average molecular weight is 1410 g/mol. The number of allylic oxidation sites excluding steroid dienone is 3. The van der Waals surface area contributed by atoms with Crippen LogP contribution in [0.3, 0.4) is 0 Å². The number of nitrogens with zero attached hydrogens (tertiary/aromatic N) is 3. The number of methoxy groups -OCH3 is 3. The van der Waals surface area contributed by atoms with Gasteiger partial charge in [-0.1, -0.05) is 126 Å². The van der Waals surface area contributed by atoms with E-state index in [1.165, 1.54) is 0 Å². The van der Waals surface area contributed by atoms with Crippen LogP contribution in [0.4, 0.5) is 0 Å². The smallest absolute Gasteiger partial charge is 0.336 e. The summed E-state index contributed by atoms with van der Waals surface area (Å²) in [7, 11) is 4.75. The zero-order chi connectivity index (χ0) is 70.1. The maximum atomic E-state index is 13.4. The number of benzene rings is 6. The number of halogens is 3. The zero-order valence-electron chi connectivity index (χ0n) is 56.6. The fourth-order valence-electron chi connectivity index (χ4n) is 13.5. The number of carbonyl (C=O) groups excluding carboxylic acids is 6. The van der Waals surface area contributed by atoms with Crippen LogP contribution in [-0.2, 0) is 77.0 Å². The van der Waals surface area contributed by atoms with E-state index < -0.39 is 35.7 Å². The monoisotopic (exact) mass is 1410 g/mol. The minimum atomic E-state index is -0.441. The van der Waals surface area contributed by atoms with Gasteiger partial charge in [0.1, 0.15) is 37.1 Å². The van der Waals surface area contributed by atoms with E-state index in [2.05, 4.69) is 0 Å². The van der Waals surface area contributed by atoms with Crippen molar-refractivity contribution < 1.29 is 71.4 Å². The molecule has 0 aromatic heterocycles. The molecular weight excluding hydrogens is 1330 g/mol. The van der Waals surface area contributed by atoms with Gasteiger partial charge in [-0.15, -0.1) is 0 Å². The molecule has 0 unspecified atom stereocenters. The van der Waals surface area contributed by atoms with Crippen molar-refractivity contribution in [2.45, 2.75) is 134 Å². The predicted octanol–water partition coefficient (Wildman–Crippen LogP) is 14.6. The SMILES string of the molecule is COc1ccccc1COC(=O)C1=C(C)N(C[C@@H]2CCCO2)C(=O)C[C@@H]1c1ccc(Cl)cc1.COc1ccccc1COC(=O)C1=C(C)N(C[C@@H]2CCCO2)C(=O)C[C@H]1c1ccc(Cl)cc1.COc1ccccc1COC(=O)C1=C(C)N(C[C@H]2CCCO2)C(=O)C[C@@H]1c1ccc(Cl)cc1. The van der Waals surface area contributed by atoms with Crippen LogP contribution in [0, 0.1) is 0 Å². The van der Waals surface area contributed by atoms with Crippen molar-refractivity contribution in [1.29, 1.82) is 0 Å². The quantitative estimate of drug-likeness (QED) is 0.0487. The topological polar surface area (TPSA) is 195 Å². The lowest BCUT2D eigenvalue weighted by atomic mass is 9.83. The predicted molar refractivity (Wildman–Crippen MR) is 375 cm³/mol. The fourth-order valence-corrected chi connectivity index (χ4v) is 13.9. The molecule has 3 saturated heterocycles. The first-order chi connectivity index (χ1) is 47.9. The van der Waals surface area contributed by atoms with Crippen LogP contribution in [0.25, 0.3) is 0 Å². The van der Waals surface area contributed by atoms with E-state index in [1.807, 2.05) is 130 Å². The highest BCUT2D eigenvalue weighted by Gasteiger charge is 2.42. The van der Waals surface area contributed by atoms with Crippen LogP contribution < -0.4 is 14.2 Å². The lowest BCUT2D eigenvalue weighted by Crippen LogP contribution is -2.42. The van der Waals surface area contributed by atoms with E-state index in [-0.39, 0.29) is 75.1 Å². The Morgan fingerprint density at radius 1 is 0.394 bits per heavy atom. The normalized spacial score (nSPS) is 20.8. The lowest BCUT2D eigenvalue weighted by molar-refractivity contribution is -0.143. The average Bonchev–Trinajstić information content (AvgIpc) is 1.40. The van der Waals surface area contributed by atoms with Gasteiger partial charge in [-0.05, 0) is 131 Å². The van der Waals surface area contributed by atoms with E-state index in [4.69, 9.17) is 77.4 Å². The molecule has 99 heavy (non-hydrogen) atoms. The molecule has 0 N–H and O–H groups in total. The highest BCUT2D eigenvalue weighted by Crippen LogP contribution is 2.42. The summed E-state index contributed by atoms with van der Waals surface area (Å²) < 4.78 is 50.5. The number of carbonyl (C=O) groups is 6. The van der Waals surface area contributed by atoms with Gasteiger partial charge in [0.05, 0.1) is 76.0 Å². The Kier molecular flexibility index (Phi) is 25.9. The van der Waals surface area contributed by atoms with E-state index in [0.29, 0.717) is 106 Å². The summed E-state index contributed by atoms with van der Waals surface area (Å²) in [5, 5.41) is 1.80. The molecule has 0 bridgehead atoms. The van der Waals surface area contributed by atoms with E-state index >= 15 is 0 Å². The van der Waals surface area contributed by atoms with Gasteiger partial charge < -0.3 is 57.3 Å². The number of rotatable bonds is 21. The standard InChI is InChI=1S/3C26H28ClNO5/c3*1-17-25(26(30)33-16-19-6-3-4-8-23(19)31-2)22(18-9-11-20(27)12-10-18)14-24(29)28(17)15-21-7-5-13-32-21/h3*3-4,6,8-12,21-22H,5,7,13-16H2,1-2H3/t21-,22+;2*21-,22-/m010/s1.